The lowest BCUT2D eigenvalue weighted by Gasteiger charge is -1.67. The highest BCUT2D eigenvalue weighted by molar-refractivity contribution is 7.22. The van der Waals surface area contributed by atoms with Gasteiger partial charge in [-0.05, 0) is 0 Å². The molecule has 0 aliphatic rings. The van der Waals surface area contributed by atoms with E-state index in [9.17, 15) is 0 Å². The zero-order chi connectivity index (χ0) is 5.28. The van der Waals surface area contributed by atoms with E-state index in [1.165, 1.54) is 11.3 Å². The molecule has 0 aliphatic heterocycles. The van der Waals surface area contributed by atoms with Crippen LogP contribution in [0.1, 0.15) is 0 Å². The number of rotatable bonds is 0. The molecule has 1 heterocycles. The molecule has 2 radical (unpaired) electrons. The minimum absolute atomic E-state index is 0.414. The van der Waals surface area contributed by atoms with Gasteiger partial charge in [0.05, 0.1) is 4.91 Å². The van der Waals surface area contributed by atoms with E-state index in [0.29, 0.717) is 10.0 Å². The second kappa shape index (κ2) is 1.50. The second-order valence-electron chi connectivity index (χ2n) is 0.979. The summed E-state index contributed by atoms with van der Waals surface area (Å²) in [5.74, 6) is 0. The summed E-state index contributed by atoms with van der Waals surface area (Å²) >= 11 is 1.18. The van der Waals surface area contributed by atoms with E-state index >= 15 is 0 Å². The van der Waals surface area contributed by atoms with Crippen LogP contribution in [0, 0.1) is 0 Å². The Morgan fingerprint density at radius 2 is 2.29 bits per heavy atom. The lowest BCUT2D eigenvalue weighted by Crippen LogP contribution is -1.97. The number of nitrogens with two attached hydrogens (primary N) is 1. The Morgan fingerprint density at radius 1 is 1.57 bits per heavy atom. The van der Waals surface area contributed by atoms with Gasteiger partial charge >= 0.3 is 0 Å². The molecule has 2 N–H and O–H groups in total. The molecular weight excluding hydrogens is 109 g/mol. The van der Waals surface area contributed by atoms with Crippen molar-refractivity contribution in [3.05, 3.63) is 0 Å². The van der Waals surface area contributed by atoms with Gasteiger partial charge in [0.2, 0.25) is 5.13 Å². The number of hydrogen-bond acceptors (Lipinski definition) is 4. The molecule has 1 aromatic rings. The van der Waals surface area contributed by atoms with Crippen molar-refractivity contribution < 1.29 is 0 Å². The Bertz CT molecular complexity index is 145. The largest absolute Gasteiger partial charge is 0.374 e. The summed E-state index contributed by atoms with van der Waals surface area (Å²) in [6.45, 7) is 0. The molecule has 0 aromatic carbocycles. The molecular formula is C2H2BN3S. The SMILES string of the molecule is [B]c1nnc(N)s1. The summed E-state index contributed by atoms with van der Waals surface area (Å²) < 4.78 is 0. The Balaban J connectivity index is 3.04. The molecule has 34 valence electrons. The zero-order valence-corrected chi connectivity index (χ0v) is 4.27. The van der Waals surface area contributed by atoms with Crippen LogP contribution >= 0.6 is 11.3 Å². The highest BCUT2D eigenvalue weighted by atomic mass is 32.1. The second-order valence-corrected chi connectivity index (χ2v) is 2.02. The molecule has 5 heteroatoms. The van der Waals surface area contributed by atoms with E-state index < -0.39 is 0 Å². The summed E-state index contributed by atoms with van der Waals surface area (Å²) in [4.78, 5) is 0.414. The third kappa shape index (κ3) is 0.897. The number of nitrogen functional groups attached to an aromatic ring is 1. The third-order valence-corrected chi connectivity index (χ3v) is 1.04. The van der Waals surface area contributed by atoms with E-state index in [0.717, 1.165) is 0 Å². The average molecular weight is 111 g/mol. The number of hydrogen-bond donors (Lipinski definition) is 1. The Morgan fingerprint density at radius 3 is 2.43 bits per heavy atom. The summed E-state index contributed by atoms with van der Waals surface area (Å²) in [6.07, 6.45) is 0. The average Bonchev–Trinajstić information content (AvgIpc) is 1.87. The molecule has 0 bridgehead atoms. The highest BCUT2D eigenvalue weighted by Gasteiger charge is 1.88. The van der Waals surface area contributed by atoms with E-state index in [-0.39, 0.29) is 0 Å². The summed E-state index contributed by atoms with van der Waals surface area (Å²) in [5, 5.41) is 7.29. The first kappa shape index (κ1) is 4.58. The summed E-state index contributed by atoms with van der Waals surface area (Å²) in [6, 6.07) is 0. The zero-order valence-electron chi connectivity index (χ0n) is 3.46. The Kier molecular flexibility index (Phi) is 0.979. The van der Waals surface area contributed by atoms with Gasteiger partial charge in [0.15, 0.2) is 7.85 Å². The summed E-state index contributed by atoms with van der Waals surface area (Å²) in [7, 11) is 5.14. The first-order valence-corrected chi connectivity index (χ1v) is 2.45. The van der Waals surface area contributed by atoms with Crippen LogP contribution in [-0.4, -0.2) is 18.0 Å². The van der Waals surface area contributed by atoms with Crippen LogP contribution in [0.3, 0.4) is 0 Å². The van der Waals surface area contributed by atoms with Gasteiger partial charge in [0.25, 0.3) is 0 Å². The third-order valence-electron chi connectivity index (χ3n) is 0.456. The van der Waals surface area contributed by atoms with E-state index in [4.69, 9.17) is 13.6 Å². The van der Waals surface area contributed by atoms with Crippen molar-refractivity contribution in [2.45, 2.75) is 0 Å². The van der Waals surface area contributed by atoms with E-state index in [1.54, 1.807) is 0 Å². The molecule has 3 nitrogen and oxygen atoms in total. The number of aromatic nitrogens is 2. The lowest BCUT2D eigenvalue weighted by molar-refractivity contribution is 1.12. The molecule has 0 amide bonds. The van der Waals surface area contributed by atoms with Gasteiger partial charge in [0.1, 0.15) is 0 Å². The van der Waals surface area contributed by atoms with Crippen LogP contribution in [-0.2, 0) is 0 Å². The fourth-order valence-electron chi connectivity index (χ4n) is 0.247. The maximum absolute atomic E-state index is 5.14. The van der Waals surface area contributed by atoms with Crippen molar-refractivity contribution in [1.29, 1.82) is 0 Å². The minimum Gasteiger partial charge on any atom is -0.374 e. The molecule has 0 atom stereocenters. The Labute approximate surface area is 46.0 Å². The first-order chi connectivity index (χ1) is 3.29. The van der Waals surface area contributed by atoms with Gasteiger partial charge in [-0.25, -0.2) is 0 Å². The predicted molar refractivity (Wildman–Crippen MR) is 29.7 cm³/mol. The van der Waals surface area contributed by atoms with Crippen LogP contribution in [0.4, 0.5) is 5.13 Å². The quantitative estimate of drug-likeness (QED) is 0.433. The van der Waals surface area contributed by atoms with Crippen molar-refractivity contribution in [2.24, 2.45) is 0 Å². The van der Waals surface area contributed by atoms with Gasteiger partial charge in [0, 0.05) is 0 Å². The van der Waals surface area contributed by atoms with Crippen molar-refractivity contribution in [1.82, 2.24) is 10.2 Å². The normalized spacial score (nSPS) is 9.14. The predicted octanol–water partition coefficient (Wildman–Crippen LogP) is -1.09. The number of nitrogens with zero attached hydrogens (tertiary/aromatic N) is 2. The first-order valence-electron chi connectivity index (χ1n) is 1.63. The molecule has 0 aliphatic carbocycles. The van der Waals surface area contributed by atoms with Crippen molar-refractivity contribution >= 4 is 29.2 Å². The monoisotopic (exact) mass is 111 g/mol. The maximum atomic E-state index is 5.14. The van der Waals surface area contributed by atoms with Gasteiger partial charge in [-0.3, -0.25) is 0 Å². The van der Waals surface area contributed by atoms with E-state index in [2.05, 4.69) is 10.2 Å². The molecule has 0 saturated heterocycles. The maximum Gasteiger partial charge on any atom is 0.202 e. The van der Waals surface area contributed by atoms with Crippen LogP contribution < -0.4 is 10.6 Å². The lowest BCUT2D eigenvalue weighted by atomic mass is 10.2. The van der Waals surface area contributed by atoms with Crippen molar-refractivity contribution in [3.63, 3.8) is 0 Å². The molecule has 0 saturated carbocycles. The van der Waals surface area contributed by atoms with Crippen LogP contribution in [0.15, 0.2) is 0 Å². The van der Waals surface area contributed by atoms with Crippen LogP contribution in [0.5, 0.6) is 0 Å². The number of anilines is 1. The molecule has 1 rings (SSSR count). The fourth-order valence-corrected chi connectivity index (χ4v) is 0.624. The van der Waals surface area contributed by atoms with Gasteiger partial charge in [-0.2, -0.15) is 5.10 Å². The van der Waals surface area contributed by atoms with Gasteiger partial charge < -0.3 is 5.73 Å². The van der Waals surface area contributed by atoms with Crippen molar-refractivity contribution in [3.8, 4) is 0 Å². The fraction of sp³-hybridized carbons (Fsp3) is 0. The minimum atomic E-state index is 0.414. The van der Waals surface area contributed by atoms with Gasteiger partial charge in [-0.15, -0.1) is 5.10 Å². The molecule has 0 unspecified atom stereocenters. The molecule has 0 fully saturated rings. The molecule has 7 heavy (non-hydrogen) atoms. The molecule has 0 spiro atoms. The van der Waals surface area contributed by atoms with Gasteiger partial charge in [-0.1, -0.05) is 11.3 Å². The highest BCUT2D eigenvalue weighted by Crippen LogP contribution is 1.95. The van der Waals surface area contributed by atoms with E-state index in [1.807, 2.05) is 0 Å². The van der Waals surface area contributed by atoms with Crippen LogP contribution in [0.25, 0.3) is 0 Å². The Hall–Kier alpha value is -0.575. The molecule has 1 aromatic heterocycles. The topological polar surface area (TPSA) is 51.8 Å². The van der Waals surface area contributed by atoms with Crippen molar-refractivity contribution in [2.75, 3.05) is 5.73 Å². The summed E-state index contributed by atoms with van der Waals surface area (Å²) in [5.41, 5.74) is 5.14. The van der Waals surface area contributed by atoms with Crippen LogP contribution in [0.2, 0.25) is 0 Å². The standard InChI is InChI=1S/C2H2BN3S/c3-1-5-6-2(4)7-1/h(H2,4,6). The smallest absolute Gasteiger partial charge is 0.202 e.